The second kappa shape index (κ2) is 7.11. The quantitative estimate of drug-likeness (QED) is 0.456. The van der Waals surface area contributed by atoms with E-state index < -0.39 is 0 Å². The summed E-state index contributed by atoms with van der Waals surface area (Å²) in [4.78, 5) is 12.1. The molecule has 0 radical (unpaired) electrons. The van der Waals surface area contributed by atoms with E-state index >= 15 is 0 Å². The highest BCUT2D eigenvalue weighted by molar-refractivity contribution is 5.98. The lowest BCUT2D eigenvalue weighted by Gasteiger charge is -2.02. The smallest absolute Gasteiger partial charge is 0.164 e. The Labute approximate surface area is 120 Å². The molecule has 2 aromatic rings. The van der Waals surface area contributed by atoms with Gasteiger partial charge < -0.3 is 0 Å². The molecule has 0 unspecified atom stereocenters. The fourth-order valence-corrected chi connectivity index (χ4v) is 1.86. The SMILES string of the molecule is C=CCCC(=O)c1ccccc1C#Cc1ccccc1. The molecular weight excluding hydrogens is 244 g/mol. The van der Waals surface area contributed by atoms with Crippen LogP contribution in [0.3, 0.4) is 0 Å². The van der Waals surface area contributed by atoms with E-state index in [1.54, 1.807) is 6.08 Å². The number of allylic oxidation sites excluding steroid dienone is 1. The zero-order valence-corrected chi connectivity index (χ0v) is 11.3. The largest absolute Gasteiger partial charge is 0.294 e. The van der Waals surface area contributed by atoms with Crippen LogP contribution in [0.25, 0.3) is 0 Å². The number of ketones is 1. The number of carbonyl (C=O) groups is 1. The summed E-state index contributed by atoms with van der Waals surface area (Å²) in [6, 6.07) is 17.3. The molecule has 0 aliphatic carbocycles. The third-order valence-electron chi connectivity index (χ3n) is 2.92. The van der Waals surface area contributed by atoms with E-state index in [-0.39, 0.29) is 5.78 Å². The van der Waals surface area contributed by atoms with Crippen LogP contribution in [-0.2, 0) is 0 Å². The second-order valence-electron chi connectivity index (χ2n) is 4.41. The van der Waals surface area contributed by atoms with Gasteiger partial charge in [0.15, 0.2) is 5.78 Å². The van der Waals surface area contributed by atoms with Crippen molar-refractivity contribution in [3.05, 3.63) is 83.9 Å². The Morgan fingerprint density at radius 1 is 1.00 bits per heavy atom. The van der Waals surface area contributed by atoms with E-state index in [2.05, 4.69) is 18.4 Å². The van der Waals surface area contributed by atoms with Gasteiger partial charge in [0, 0.05) is 23.1 Å². The summed E-state index contributed by atoms with van der Waals surface area (Å²) in [6.07, 6.45) is 2.93. The predicted molar refractivity (Wildman–Crippen MR) is 82.6 cm³/mol. The Hall–Kier alpha value is -2.59. The number of rotatable bonds is 4. The summed E-state index contributed by atoms with van der Waals surface area (Å²) < 4.78 is 0. The fourth-order valence-electron chi connectivity index (χ4n) is 1.86. The van der Waals surface area contributed by atoms with Crippen molar-refractivity contribution in [1.82, 2.24) is 0 Å². The first-order chi connectivity index (χ1) is 9.81. The molecule has 2 aromatic carbocycles. The predicted octanol–water partition coefficient (Wildman–Crippen LogP) is 4.24. The van der Waals surface area contributed by atoms with Crippen molar-refractivity contribution in [3.8, 4) is 11.8 Å². The molecule has 20 heavy (non-hydrogen) atoms. The van der Waals surface area contributed by atoms with Crippen molar-refractivity contribution in [3.63, 3.8) is 0 Å². The summed E-state index contributed by atoms with van der Waals surface area (Å²) in [5.41, 5.74) is 2.42. The Morgan fingerprint density at radius 2 is 1.70 bits per heavy atom. The molecule has 0 heterocycles. The lowest BCUT2D eigenvalue weighted by atomic mass is 10.0. The van der Waals surface area contributed by atoms with Gasteiger partial charge in [-0.05, 0) is 24.6 Å². The summed E-state index contributed by atoms with van der Waals surface area (Å²) >= 11 is 0. The third kappa shape index (κ3) is 3.70. The minimum atomic E-state index is 0.114. The lowest BCUT2D eigenvalue weighted by Crippen LogP contribution is -2.01. The topological polar surface area (TPSA) is 17.1 Å². The Kier molecular flexibility index (Phi) is 4.92. The molecule has 2 rings (SSSR count). The summed E-state index contributed by atoms with van der Waals surface area (Å²) in [6.45, 7) is 3.64. The normalized spacial score (nSPS) is 9.40. The van der Waals surface area contributed by atoms with Crippen molar-refractivity contribution in [2.75, 3.05) is 0 Å². The van der Waals surface area contributed by atoms with Crippen LogP contribution in [0.15, 0.2) is 67.3 Å². The van der Waals surface area contributed by atoms with Gasteiger partial charge in [-0.15, -0.1) is 6.58 Å². The summed E-state index contributed by atoms with van der Waals surface area (Å²) in [7, 11) is 0. The zero-order chi connectivity index (χ0) is 14.2. The highest BCUT2D eigenvalue weighted by Gasteiger charge is 2.08. The minimum Gasteiger partial charge on any atom is -0.294 e. The number of hydrogen-bond acceptors (Lipinski definition) is 1. The molecule has 0 amide bonds. The monoisotopic (exact) mass is 260 g/mol. The van der Waals surface area contributed by atoms with Crippen molar-refractivity contribution in [2.24, 2.45) is 0 Å². The van der Waals surface area contributed by atoms with Crippen molar-refractivity contribution in [2.45, 2.75) is 12.8 Å². The highest BCUT2D eigenvalue weighted by atomic mass is 16.1. The van der Waals surface area contributed by atoms with Crippen LogP contribution in [0.4, 0.5) is 0 Å². The maximum Gasteiger partial charge on any atom is 0.164 e. The molecule has 1 nitrogen and oxygen atoms in total. The van der Waals surface area contributed by atoms with Crippen molar-refractivity contribution < 1.29 is 4.79 Å². The first kappa shape index (κ1) is 13.8. The third-order valence-corrected chi connectivity index (χ3v) is 2.92. The highest BCUT2D eigenvalue weighted by Crippen LogP contribution is 2.12. The van der Waals surface area contributed by atoms with E-state index in [9.17, 15) is 4.79 Å². The van der Waals surface area contributed by atoms with Gasteiger partial charge in [0.1, 0.15) is 0 Å². The number of Topliss-reactive ketones (excluding diaryl/α,β-unsaturated/α-hetero) is 1. The molecule has 0 aliphatic rings. The average Bonchev–Trinajstić information content (AvgIpc) is 2.52. The van der Waals surface area contributed by atoms with Crippen LogP contribution in [-0.4, -0.2) is 5.78 Å². The number of hydrogen-bond donors (Lipinski definition) is 0. The van der Waals surface area contributed by atoms with Gasteiger partial charge in [-0.1, -0.05) is 54.3 Å². The van der Waals surface area contributed by atoms with Crippen LogP contribution < -0.4 is 0 Å². The Bertz CT molecular complexity index is 657. The minimum absolute atomic E-state index is 0.114. The molecule has 98 valence electrons. The maximum absolute atomic E-state index is 12.1. The molecular formula is C19H16O. The van der Waals surface area contributed by atoms with Gasteiger partial charge in [0.05, 0.1) is 0 Å². The maximum atomic E-state index is 12.1. The van der Waals surface area contributed by atoms with Gasteiger partial charge in [-0.3, -0.25) is 4.79 Å². The molecule has 0 atom stereocenters. The molecule has 0 saturated carbocycles. The average molecular weight is 260 g/mol. The van der Waals surface area contributed by atoms with Crippen LogP contribution >= 0.6 is 0 Å². The second-order valence-corrected chi connectivity index (χ2v) is 4.41. The lowest BCUT2D eigenvalue weighted by molar-refractivity contribution is 0.0983. The molecule has 0 spiro atoms. The molecule has 0 aromatic heterocycles. The molecule has 0 fully saturated rings. The molecule has 1 heteroatoms. The van der Waals surface area contributed by atoms with Gasteiger partial charge in [-0.2, -0.15) is 0 Å². The zero-order valence-electron chi connectivity index (χ0n) is 11.3. The summed E-state index contributed by atoms with van der Waals surface area (Å²) in [5.74, 6) is 6.29. The van der Waals surface area contributed by atoms with E-state index in [1.807, 2.05) is 54.6 Å². The Balaban J connectivity index is 2.27. The van der Waals surface area contributed by atoms with E-state index in [4.69, 9.17) is 0 Å². The van der Waals surface area contributed by atoms with Crippen molar-refractivity contribution in [1.29, 1.82) is 0 Å². The van der Waals surface area contributed by atoms with Gasteiger partial charge in [0.25, 0.3) is 0 Å². The van der Waals surface area contributed by atoms with Crippen LogP contribution in [0.1, 0.15) is 34.3 Å². The van der Waals surface area contributed by atoms with Crippen LogP contribution in [0.5, 0.6) is 0 Å². The van der Waals surface area contributed by atoms with Crippen molar-refractivity contribution >= 4 is 5.78 Å². The molecule has 0 aliphatic heterocycles. The Morgan fingerprint density at radius 3 is 2.45 bits per heavy atom. The first-order valence-electron chi connectivity index (χ1n) is 6.61. The molecule has 0 saturated heterocycles. The van der Waals surface area contributed by atoms with E-state index in [0.29, 0.717) is 18.4 Å². The first-order valence-corrected chi connectivity index (χ1v) is 6.61. The molecule has 0 bridgehead atoms. The van der Waals surface area contributed by atoms with Gasteiger partial charge >= 0.3 is 0 Å². The number of carbonyl (C=O) groups excluding carboxylic acids is 1. The summed E-state index contributed by atoms with van der Waals surface area (Å²) in [5, 5.41) is 0. The van der Waals surface area contributed by atoms with Gasteiger partial charge in [0.2, 0.25) is 0 Å². The van der Waals surface area contributed by atoms with Crippen LogP contribution in [0, 0.1) is 11.8 Å². The van der Waals surface area contributed by atoms with E-state index in [1.165, 1.54) is 0 Å². The van der Waals surface area contributed by atoms with Gasteiger partial charge in [-0.25, -0.2) is 0 Å². The van der Waals surface area contributed by atoms with Crippen LogP contribution in [0.2, 0.25) is 0 Å². The molecule has 0 N–H and O–H groups in total. The van der Waals surface area contributed by atoms with E-state index in [0.717, 1.165) is 11.1 Å². The standard InChI is InChI=1S/C19H16O/c1-2-3-13-19(20)18-12-8-7-11-17(18)15-14-16-9-5-4-6-10-16/h2,4-12H,1,3,13H2. The fraction of sp³-hybridized carbons (Fsp3) is 0.105. The number of benzene rings is 2.